The van der Waals surface area contributed by atoms with Gasteiger partial charge < -0.3 is 9.47 Å². The minimum Gasteiger partial charge on any atom is -0.482 e. The first-order valence-electron chi connectivity index (χ1n) is 8.52. The van der Waals surface area contributed by atoms with Crippen LogP contribution in [0.2, 0.25) is 0 Å². The number of para-hydroxylation sites is 1. The van der Waals surface area contributed by atoms with Crippen LogP contribution in [-0.2, 0) is 29.0 Å². The zero-order valence-corrected chi connectivity index (χ0v) is 14.2. The largest absolute Gasteiger partial charge is 0.482 e. The zero-order chi connectivity index (χ0) is 17.8. The fraction of sp³-hybridized carbons (Fsp3) is 0.263. The quantitative estimate of drug-likeness (QED) is 0.635. The predicted molar refractivity (Wildman–Crippen MR) is 92.9 cm³/mol. The summed E-state index contributed by atoms with van der Waals surface area (Å²) >= 11 is 0. The van der Waals surface area contributed by atoms with Crippen LogP contribution in [0.4, 0.5) is 0 Å². The molecule has 0 aliphatic heterocycles. The van der Waals surface area contributed by atoms with Crippen LogP contribution >= 0.6 is 0 Å². The molecular weight excluding hydrogens is 332 g/mol. The van der Waals surface area contributed by atoms with Crippen LogP contribution in [0.25, 0.3) is 5.69 Å². The minimum absolute atomic E-state index is 0.0196. The molecule has 0 saturated heterocycles. The van der Waals surface area contributed by atoms with Gasteiger partial charge in [-0.15, -0.1) is 5.10 Å². The summed E-state index contributed by atoms with van der Waals surface area (Å²) in [4.78, 5) is 12.0. The van der Waals surface area contributed by atoms with Gasteiger partial charge in [-0.3, -0.25) is 0 Å². The second kappa shape index (κ2) is 7.35. The third-order valence-corrected chi connectivity index (χ3v) is 4.32. The molecule has 0 fully saturated rings. The number of carbonyl (C=O) groups excluding carboxylic acids is 1. The maximum absolute atomic E-state index is 12.0. The summed E-state index contributed by atoms with van der Waals surface area (Å²) < 4.78 is 12.3. The Morgan fingerprint density at radius 1 is 1.08 bits per heavy atom. The molecule has 7 nitrogen and oxygen atoms in total. The van der Waals surface area contributed by atoms with Gasteiger partial charge in [0.25, 0.3) is 0 Å². The first-order chi connectivity index (χ1) is 12.8. The van der Waals surface area contributed by atoms with Crippen LogP contribution in [-0.4, -0.2) is 32.8 Å². The monoisotopic (exact) mass is 350 g/mol. The molecular formula is C19H18N4O3. The number of aryl methyl sites for hydroxylation is 2. The predicted octanol–water partition coefficient (Wildman–Crippen LogP) is 2.27. The van der Waals surface area contributed by atoms with E-state index in [1.165, 1.54) is 22.2 Å². The number of benzene rings is 2. The standard InChI is InChI=1S/C19H18N4O3/c24-19(13-25-17-10-9-14-5-4-6-15(14)11-17)26-12-18-20-21-22-23(18)16-7-2-1-3-8-16/h1-3,7-11H,4-6,12-13H2. The van der Waals surface area contributed by atoms with E-state index in [1.54, 1.807) is 0 Å². The molecule has 26 heavy (non-hydrogen) atoms. The van der Waals surface area contributed by atoms with Crippen LogP contribution in [0.3, 0.4) is 0 Å². The van der Waals surface area contributed by atoms with Gasteiger partial charge in [-0.25, -0.2) is 4.79 Å². The van der Waals surface area contributed by atoms with Crippen molar-refractivity contribution in [3.8, 4) is 11.4 Å². The maximum atomic E-state index is 12.0. The highest BCUT2D eigenvalue weighted by atomic mass is 16.6. The van der Waals surface area contributed by atoms with Crippen molar-refractivity contribution in [1.82, 2.24) is 20.2 Å². The highest BCUT2D eigenvalue weighted by Crippen LogP contribution is 2.25. The van der Waals surface area contributed by atoms with Crippen molar-refractivity contribution in [1.29, 1.82) is 0 Å². The van der Waals surface area contributed by atoms with Crippen LogP contribution in [0, 0.1) is 0 Å². The summed E-state index contributed by atoms with van der Waals surface area (Å²) in [5, 5.41) is 11.5. The van der Waals surface area contributed by atoms with Crippen molar-refractivity contribution in [3.05, 3.63) is 65.5 Å². The van der Waals surface area contributed by atoms with E-state index in [2.05, 4.69) is 21.6 Å². The molecule has 0 atom stereocenters. The van der Waals surface area contributed by atoms with E-state index in [9.17, 15) is 4.79 Å². The van der Waals surface area contributed by atoms with Crippen LogP contribution in [0.1, 0.15) is 23.4 Å². The fourth-order valence-electron chi connectivity index (χ4n) is 3.03. The van der Waals surface area contributed by atoms with Crippen LogP contribution in [0.15, 0.2) is 48.5 Å². The molecule has 0 radical (unpaired) electrons. The first-order valence-corrected chi connectivity index (χ1v) is 8.52. The Bertz CT molecular complexity index is 908. The Morgan fingerprint density at radius 3 is 2.81 bits per heavy atom. The number of aromatic nitrogens is 4. The van der Waals surface area contributed by atoms with Crippen molar-refractivity contribution < 1.29 is 14.3 Å². The highest BCUT2D eigenvalue weighted by molar-refractivity contribution is 5.71. The summed E-state index contributed by atoms with van der Waals surface area (Å²) in [5.74, 6) is 0.673. The molecule has 2 aromatic carbocycles. The number of carbonyl (C=O) groups is 1. The summed E-state index contributed by atoms with van der Waals surface area (Å²) in [5.41, 5.74) is 3.48. The number of fused-ring (bicyclic) bond motifs is 1. The molecule has 0 spiro atoms. The van der Waals surface area contributed by atoms with Crippen molar-refractivity contribution in [2.75, 3.05) is 6.61 Å². The Labute approximate surface area is 150 Å². The van der Waals surface area contributed by atoms with Crippen LogP contribution in [0.5, 0.6) is 5.75 Å². The second-order valence-electron chi connectivity index (χ2n) is 6.08. The molecule has 1 heterocycles. The Kier molecular flexibility index (Phi) is 4.59. The molecule has 7 heteroatoms. The maximum Gasteiger partial charge on any atom is 0.344 e. The van der Waals surface area contributed by atoms with Crippen molar-refractivity contribution in [2.24, 2.45) is 0 Å². The average molecular weight is 350 g/mol. The Hall–Kier alpha value is -3.22. The van der Waals surface area contributed by atoms with E-state index >= 15 is 0 Å². The Morgan fingerprint density at radius 2 is 1.92 bits per heavy atom. The highest BCUT2D eigenvalue weighted by Gasteiger charge is 2.14. The van der Waals surface area contributed by atoms with E-state index < -0.39 is 5.97 Å². The SMILES string of the molecule is O=C(COc1ccc2c(c1)CCC2)OCc1nnnn1-c1ccccc1. The van der Waals surface area contributed by atoms with Gasteiger partial charge in [0.15, 0.2) is 19.0 Å². The molecule has 1 aromatic heterocycles. The van der Waals surface area contributed by atoms with E-state index in [0.717, 1.165) is 18.5 Å². The molecule has 132 valence electrons. The fourth-order valence-corrected chi connectivity index (χ4v) is 3.03. The van der Waals surface area contributed by atoms with Gasteiger partial charge in [0.05, 0.1) is 5.69 Å². The van der Waals surface area contributed by atoms with Gasteiger partial charge >= 0.3 is 5.97 Å². The third kappa shape index (κ3) is 3.56. The number of hydrogen-bond donors (Lipinski definition) is 0. The summed E-state index contributed by atoms with van der Waals surface area (Å²) in [6.45, 7) is -0.167. The first kappa shape index (κ1) is 16.3. The van der Waals surface area contributed by atoms with Gasteiger partial charge in [0, 0.05) is 0 Å². The third-order valence-electron chi connectivity index (χ3n) is 4.32. The minimum atomic E-state index is -0.465. The Balaban J connectivity index is 1.32. The lowest BCUT2D eigenvalue weighted by molar-refractivity contribution is -0.147. The smallest absolute Gasteiger partial charge is 0.344 e. The normalized spacial score (nSPS) is 12.6. The number of ether oxygens (including phenoxy) is 2. The van der Waals surface area contributed by atoms with Crippen molar-refractivity contribution >= 4 is 5.97 Å². The topological polar surface area (TPSA) is 79.1 Å². The molecule has 0 saturated carbocycles. The number of nitrogens with zero attached hydrogens (tertiary/aromatic N) is 4. The molecule has 3 aromatic rings. The lowest BCUT2D eigenvalue weighted by Gasteiger charge is -2.08. The number of rotatable bonds is 6. The zero-order valence-electron chi connectivity index (χ0n) is 14.2. The molecule has 0 bridgehead atoms. The van der Waals surface area contributed by atoms with E-state index in [0.29, 0.717) is 11.6 Å². The van der Waals surface area contributed by atoms with Gasteiger partial charge in [0.1, 0.15) is 5.75 Å². The van der Waals surface area contributed by atoms with Gasteiger partial charge in [0.2, 0.25) is 0 Å². The molecule has 0 N–H and O–H groups in total. The molecule has 0 unspecified atom stereocenters. The van der Waals surface area contributed by atoms with E-state index in [-0.39, 0.29) is 13.2 Å². The van der Waals surface area contributed by atoms with Crippen molar-refractivity contribution in [2.45, 2.75) is 25.9 Å². The lowest BCUT2D eigenvalue weighted by Crippen LogP contribution is -2.16. The average Bonchev–Trinajstić information content (AvgIpc) is 3.34. The molecule has 0 amide bonds. The summed E-state index contributed by atoms with van der Waals surface area (Å²) in [6.07, 6.45) is 3.36. The van der Waals surface area contributed by atoms with Crippen LogP contribution < -0.4 is 4.74 Å². The molecule has 1 aliphatic rings. The summed E-state index contributed by atoms with van der Waals surface area (Å²) in [6, 6.07) is 15.4. The van der Waals surface area contributed by atoms with Crippen molar-refractivity contribution in [3.63, 3.8) is 0 Å². The van der Waals surface area contributed by atoms with Gasteiger partial charge in [-0.1, -0.05) is 24.3 Å². The number of hydrogen-bond acceptors (Lipinski definition) is 6. The van der Waals surface area contributed by atoms with E-state index in [4.69, 9.17) is 9.47 Å². The van der Waals surface area contributed by atoms with E-state index in [1.807, 2.05) is 42.5 Å². The lowest BCUT2D eigenvalue weighted by atomic mass is 10.1. The summed E-state index contributed by atoms with van der Waals surface area (Å²) in [7, 11) is 0. The second-order valence-corrected chi connectivity index (χ2v) is 6.08. The molecule has 4 rings (SSSR count). The van der Waals surface area contributed by atoms with Gasteiger partial charge in [-0.2, -0.15) is 4.68 Å². The number of esters is 1. The molecule has 1 aliphatic carbocycles. The number of tetrazole rings is 1. The van der Waals surface area contributed by atoms with Gasteiger partial charge in [-0.05, 0) is 65.1 Å².